The van der Waals surface area contributed by atoms with E-state index in [0.717, 1.165) is 51.4 Å². The Hall–Kier alpha value is -1.25. The Labute approximate surface area is 422 Å². The first-order valence-corrected chi connectivity index (χ1v) is 26.8. The maximum absolute atomic E-state index is 14.7. The van der Waals surface area contributed by atoms with Gasteiger partial charge in [0.15, 0.2) is 18.9 Å². The van der Waals surface area contributed by atoms with Crippen molar-refractivity contribution in [1.29, 1.82) is 0 Å². The number of carbonyl (C=O) groups excluding carboxylic acids is 1. The number of hydrogen-bond donors (Lipinski definition) is 11. The average Bonchev–Trinajstić information content (AvgIpc) is 3.32. The topological polar surface area (TPSA) is 313 Å². The largest absolute Gasteiger partial charge is 0.432 e. The van der Waals surface area contributed by atoms with Gasteiger partial charge in [0, 0.05) is 0 Å². The van der Waals surface area contributed by atoms with Gasteiger partial charge >= 0.3 is 5.97 Å². The SMILES string of the molecule is C[C@@H]1O[C@H](O[C@@H]2[C@@H](O)[C@H](O[C@H]3CC[C@]4(C)[C@H]5CC[C@@H]6[C@@H]7CC(C)(C)CC[C@]7(C(=O)O[C@@H]7O[C@H](CO)[C@@H](O)[C@H](O)[C@H]7O)CC[C@@]6(C)[C@]5(C)CC[C@H]4C3(C)C)OC[C@@H]2O)[C@H](O)[C@H](O[C@@H]2OC[C@@H](O)[C@H](O)[C@H]2O)[C@H]1O. The van der Waals surface area contributed by atoms with Crippen LogP contribution in [0, 0.1) is 56.2 Å². The van der Waals surface area contributed by atoms with Gasteiger partial charge in [-0.1, -0.05) is 48.5 Å². The van der Waals surface area contributed by atoms with Crippen LogP contribution in [0.2, 0.25) is 0 Å². The molecule has 0 unspecified atom stereocenters. The summed E-state index contributed by atoms with van der Waals surface area (Å²) >= 11 is 0. The molecule has 0 aromatic carbocycles. The highest BCUT2D eigenvalue weighted by atomic mass is 16.8. The summed E-state index contributed by atoms with van der Waals surface area (Å²) in [5, 5.41) is 118. The van der Waals surface area contributed by atoms with Crippen LogP contribution < -0.4 is 0 Å². The van der Waals surface area contributed by atoms with Crippen LogP contribution in [0.4, 0.5) is 0 Å². The van der Waals surface area contributed by atoms with Gasteiger partial charge in [0.25, 0.3) is 0 Å². The highest BCUT2D eigenvalue weighted by Crippen LogP contribution is 2.77. The maximum atomic E-state index is 14.7. The van der Waals surface area contributed by atoms with Crippen LogP contribution >= 0.6 is 0 Å². The first-order chi connectivity index (χ1) is 33.7. The van der Waals surface area contributed by atoms with Gasteiger partial charge in [0.1, 0.15) is 79.4 Å². The van der Waals surface area contributed by atoms with Crippen LogP contribution in [0.3, 0.4) is 0 Å². The van der Waals surface area contributed by atoms with Gasteiger partial charge in [-0.15, -0.1) is 0 Å². The van der Waals surface area contributed by atoms with E-state index in [9.17, 15) is 61.0 Å². The lowest BCUT2D eigenvalue weighted by Gasteiger charge is -2.73. The minimum Gasteiger partial charge on any atom is -0.432 e. The molecule has 27 atom stereocenters. The fraction of sp³-hybridized carbons (Fsp3) is 0.981. The molecular weight excluding hydrogens is 945 g/mol. The number of fused-ring (bicyclic) bond motifs is 7. The Morgan fingerprint density at radius 1 is 0.542 bits per heavy atom. The van der Waals surface area contributed by atoms with Crippen LogP contribution in [0.25, 0.3) is 0 Å². The highest BCUT2D eigenvalue weighted by Gasteiger charge is 2.72. The van der Waals surface area contributed by atoms with Gasteiger partial charge in [0.05, 0.1) is 37.4 Å². The summed E-state index contributed by atoms with van der Waals surface area (Å²) < 4.78 is 47.5. The number of aliphatic hydroxyl groups excluding tert-OH is 11. The van der Waals surface area contributed by atoms with Crippen LogP contribution in [0.5, 0.6) is 0 Å². The molecule has 0 aromatic rings. The lowest BCUT2D eigenvalue weighted by molar-refractivity contribution is -0.371. The minimum atomic E-state index is -1.71. The summed E-state index contributed by atoms with van der Waals surface area (Å²) in [5.74, 6) is 0.369. The molecule has 4 aliphatic heterocycles. The summed E-state index contributed by atoms with van der Waals surface area (Å²) in [5.41, 5.74) is -1.49. The molecule has 0 bridgehead atoms. The van der Waals surface area contributed by atoms with Gasteiger partial charge in [-0.05, 0) is 128 Å². The summed E-state index contributed by atoms with van der Waals surface area (Å²) in [4.78, 5) is 14.7. The second-order valence-electron chi connectivity index (χ2n) is 25.8. The fourth-order valence-corrected chi connectivity index (χ4v) is 16.7. The molecule has 5 aliphatic carbocycles. The van der Waals surface area contributed by atoms with Crippen molar-refractivity contribution in [2.75, 3.05) is 19.8 Å². The van der Waals surface area contributed by atoms with E-state index in [-0.39, 0.29) is 64.1 Å². The van der Waals surface area contributed by atoms with E-state index in [2.05, 4.69) is 48.5 Å². The van der Waals surface area contributed by atoms with Crippen LogP contribution in [-0.4, -0.2) is 199 Å². The van der Waals surface area contributed by atoms with E-state index >= 15 is 0 Å². The molecule has 20 nitrogen and oxygen atoms in total. The van der Waals surface area contributed by atoms with Crippen molar-refractivity contribution in [3.63, 3.8) is 0 Å². The molecule has 9 rings (SSSR count). The van der Waals surface area contributed by atoms with E-state index in [1.54, 1.807) is 0 Å². The van der Waals surface area contributed by atoms with Crippen molar-refractivity contribution in [1.82, 2.24) is 0 Å². The zero-order valence-corrected chi connectivity index (χ0v) is 43.3. The predicted molar refractivity (Wildman–Crippen MR) is 249 cm³/mol. The third-order valence-electron chi connectivity index (χ3n) is 21.2. The van der Waals surface area contributed by atoms with Gasteiger partial charge in [-0.3, -0.25) is 4.79 Å². The van der Waals surface area contributed by atoms with Crippen molar-refractivity contribution >= 4 is 5.97 Å². The molecular formula is C52H86O20. The lowest BCUT2D eigenvalue weighted by atomic mass is 9.31. The number of hydrogen-bond acceptors (Lipinski definition) is 20. The summed E-state index contributed by atoms with van der Waals surface area (Å²) in [6.45, 7) is 16.7. The normalized spacial score (nSPS) is 55.3. The van der Waals surface area contributed by atoms with E-state index in [4.69, 9.17) is 37.9 Å². The van der Waals surface area contributed by atoms with E-state index in [0.29, 0.717) is 25.2 Å². The molecule has 0 radical (unpaired) electrons. The maximum Gasteiger partial charge on any atom is 0.314 e. The fourth-order valence-electron chi connectivity index (χ4n) is 16.7. The molecule has 4 heterocycles. The van der Waals surface area contributed by atoms with Crippen molar-refractivity contribution in [3.8, 4) is 0 Å². The lowest BCUT2D eigenvalue weighted by Crippen LogP contribution is -2.68. The molecule has 20 heteroatoms. The van der Waals surface area contributed by atoms with Crippen LogP contribution in [0.15, 0.2) is 0 Å². The Kier molecular flexibility index (Phi) is 15.3. The molecule has 0 amide bonds. The Bertz CT molecular complexity index is 1920. The zero-order valence-electron chi connectivity index (χ0n) is 43.3. The smallest absolute Gasteiger partial charge is 0.314 e. The van der Waals surface area contributed by atoms with E-state index in [1.165, 1.54) is 6.92 Å². The van der Waals surface area contributed by atoms with Crippen molar-refractivity contribution in [2.45, 2.75) is 243 Å². The van der Waals surface area contributed by atoms with Crippen molar-refractivity contribution < 1.29 is 98.9 Å². The molecule has 0 spiro atoms. The van der Waals surface area contributed by atoms with Gasteiger partial charge in [-0.25, -0.2) is 0 Å². The molecule has 0 aromatic heterocycles. The molecule has 11 N–H and O–H groups in total. The third kappa shape index (κ3) is 8.95. The van der Waals surface area contributed by atoms with Crippen molar-refractivity contribution in [3.05, 3.63) is 0 Å². The van der Waals surface area contributed by atoms with Crippen molar-refractivity contribution in [2.24, 2.45) is 56.2 Å². The Balaban J connectivity index is 0.882. The Morgan fingerprint density at radius 3 is 1.86 bits per heavy atom. The second-order valence-corrected chi connectivity index (χ2v) is 25.8. The predicted octanol–water partition coefficient (Wildman–Crippen LogP) is 0.350. The minimum absolute atomic E-state index is 0.00298. The molecule has 5 saturated carbocycles. The highest BCUT2D eigenvalue weighted by molar-refractivity contribution is 5.78. The van der Waals surface area contributed by atoms with E-state index < -0.39 is 129 Å². The second kappa shape index (κ2) is 19.9. The standard InChI is InChI=1S/C52H86O20/c1-23-32(56)41(71-42-36(60)33(57)26(54)21-65-42)39(63)45(67-23)70-40-27(55)22-66-43(38(40)62)69-31-12-13-49(6)29(48(31,4)5)11-14-51(8)30(49)10-9-24-25-19-47(2,3)15-17-52(25,18-16-50(24,51)7)46(64)72-44-37(61)35(59)34(58)28(20-53)68-44/h23-45,53-63H,9-22H2,1-8H3/t23-,24+,25-,26+,27-,28+,29-,30+,31-,32-,33-,34+,35-,36+,37+,38+,39+,40-,41+,42-,43-,44-,45+,49-,50+,51+,52-/m0/s1. The van der Waals surface area contributed by atoms with Gasteiger partial charge < -0.3 is 94.1 Å². The summed E-state index contributed by atoms with van der Waals surface area (Å²) in [7, 11) is 0. The summed E-state index contributed by atoms with van der Waals surface area (Å²) in [6, 6.07) is 0. The molecule has 414 valence electrons. The van der Waals surface area contributed by atoms with Crippen LogP contribution in [-0.2, 0) is 42.7 Å². The number of rotatable bonds is 9. The number of esters is 1. The summed E-state index contributed by atoms with van der Waals surface area (Å²) in [6.07, 6.45) is -17.6. The average molecular weight is 1030 g/mol. The van der Waals surface area contributed by atoms with Gasteiger partial charge in [0.2, 0.25) is 6.29 Å². The third-order valence-corrected chi connectivity index (χ3v) is 21.2. The Morgan fingerprint density at radius 2 is 1.17 bits per heavy atom. The number of carbonyl (C=O) groups is 1. The zero-order chi connectivity index (χ0) is 52.4. The molecule has 9 aliphatic rings. The molecule has 4 saturated heterocycles. The monoisotopic (exact) mass is 1030 g/mol. The molecule has 9 fully saturated rings. The first kappa shape index (κ1) is 55.5. The number of aliphatic hydroxyl groups is 11. The first-order valence-electron chi connectivity index (χ1n) is 26.8. The van der Waals surface area contributed by atoms with Crippen LogP contribution in [0.1, 0.15) is 126 Å². The quantitative estimate of drug-likeness (QED) is 0.110. The van der Waals surface area contributed by atoms with E-state index in [1.807, 2.05) is 0 Å². The molecule has 72 heavy (non-hydrogen) atoms. The van der Waals surface area contributed by atoms with Gasteiger partial charge in [-0.2, -0.15) is 0 Å². The number of ether oxygens (including phenoxy) is 8.